The fourth-order valence-electron chi connectivity index (χ4n) is 2.62. The van der Waals surface area contributed by atoms with E-state index in [-0.39, 0.29) is 16.7 Å². The number of sulfonamides is 1. The Kier molecular flexibility index (Phi) is 5.18. The van der Waals surface area contributed by atoms with E-state index in [0.717, 1.165) is 37.0 Å². The van der Waals surface area contributed by atoms with Crippen LogP contribution in [0.4, 0.5) is 0 Å². The molecule has 0 atom stereocenters. The van der Waals surface area contributed by atoms with E-state index in [4.69, 9.17) is 5.11 Å². The smallest absolute Gasteiger partial charge is 0.308 e. The van der Waals surface area contributed by atoms with E-state index >= 15 is 0 Å². The second kappa shape index (κ2) is 6.72. The number of carbonyl (C=O) groups is 1. The van der Waals surface area contributed by atoms with E-state index < -0.39 is 16.0 Å². The molecule has 1 aliphatic carbocycles. The normalized spacial score (nSPS) is 16.4. The molecular weight excluding hydrogens is 310 g/mol. The fraction of sp³-hybridized carbons (Fsp3) is 0.500. The van der Waals surface area contributed by atoms with Crippen LogP contribution in [0.15, 0.2) is 29.0 Å². The SMILES string of the molecule is C=CCN(C1CCCC1)S(=O)(=O)c1ccc(CC(=O)O)s1. The molecule has 1 heterocycles. The van der Waals surface area contributed by atoms with Gasteiger partial charge in [0.05, 0.1) is 6.42 Å². The zero-order valence-electron chi connectivity index (χ0n) is 11.7. The Bertz CT molecular complexity index is 615. The molecule has 0 aromatic carbocycles. The maximum atomic E-state index is 12.7. The highest BCUT2D eigenvalue weighted by molar-refractivity contribution is 7.91. The number of rotatable bonds is 7. The minimum Gasteiger partial charge on any atom is -0.481 e. The Balaban J connectivity index is 2.26. The lowest BCUT2D eigenvalue weighted by atomic mass is 10.2. The standard InChI is InChI=1S/C14H19NO4S2/c1-2-9-15(11-5-3-4-6-11)21(18,19)14-8-7-12(20-14)10-13(16)17/h2,7-8,11H,1,3-6,9-10H2,(H,16,17). The minimum absolute atomic E-state index is 0.0259. The molecule has 1 N–H and O–H groups in total. The lowest BCUT2D eigenvalue weighted by Crippen LogP contribution is -2.38. The van der Waals surface area contributed by atoms with Crippen LogP contribution in [0.1, 0.15) is 30.6 Å². The minimum atomic E-state index is -3.57. The summed E-state index contributed by atoms with van der Waals surface area (Å²) in [6, 6.07) is 3.11. The molecule has 0 bridgehead atoms. The molecule has 1 aromatic heterocycles. The summed E-state index contributed by atoms with van der Waals surface area (Å²) in [5, 5.41) is 8.78. The first-order valence-corrected chi connectivity index (χ1v) is 9.14. The first-order chi connectivity index (χ1) is 9.95. The summed E-state index contributed by atoms with van der Waals surface area (Å²) in [7, 11) is -3.57. The van der Waals surface area contributed by atoms with Crippen molar-refractivity contribution in [1.29, 1.82) is 0 Å². The van der Waals surface area contributed by atoms with E-state index in [1.165, 1.54) is 10.4 Å². The van der Waals surface area contributed by atoms with E-state index in [0.29, 0.717) is 11.4 Å². The van der Waals surface area contributed by atoms with Crippen molar-refractivity contribution in [3.63, 3.8) is 0 Å². The summed E-state index contributed by atoms with van der Waals surface area (Å²) in [4.78, 5) is 11.3. The molecule has 21 heavy (non-hydrogen) atoms. The molecule has 0 spiro atoms. The van der Waals surface area contributed by atoms with E-state index in [2.05, 4.69) is 6.58 Å². The van der Waals surface area contributed by atoms with Crippen molar-refractivity contribution >= 4 is 27.3 Å². The Morgan fingerprint density at radius 1 is 1.43 bits per heavy atom. The zero-order valence-corrected chi connectivity index (χ0v) is 13.3. The second-order valence-corrected chi connectivity index (χ2v) is 8.38. The van der Waals surface area contributed by atoms with Gasteiger partial charge in [-0.25, -0.2) is 8.42 Å². The lowest BCUT2D eigenvalue weighted by Gasteiger charge is -2.26. The van der Waals surface area contributed by atoms with Crippen LogP contribution in [0.25, 0.3) is 0 Å². The predicted molar refractivity (Wildman–Crippen MR) is 82.0 cm³/mol. The molecule has 1 fully saturated rings. The second-order valence-electron chi connectivity index (χ2n) is 5.09. The fourth-order valence-corrected chi connectivity index (χ4v) is 5.75. The number of thiophene rings is 1. The average Bonchev–Trinajstić information content (AvgIpc) is 3.05. The van der Waals surface area contributed by atoms with Crippen LogP contribution >= 0.6 is 11.3 Å². The highest BCUT2D eigenvalue weighted by atomic mass is 32.2. The number of nitrogens with zero attached hydrogens (tertiary/aromatic N) is 1. The van der Waals surface area contributed by atoms with Gasteiger partial charge >= 0.3 is 5.97 Å². The van der Waals surface area contributed by atoms with Gasteiger partial charge in [0.15, 0.2) is 0 Å². The van der Waals surface area contributed by atoms with Crippen molar-refractivity contribution < 1.29 is 18.3 Å². The van der Waals surface area contributed by atoms with Gasteiger partial charge in [0.1, 0.15) is 4.21 Å². The summed E-state index contributed by atoms with van der Waals surface area (Å²) in [6.07, 6.45) is 5.29. The molecule has 7 heteroatoms. The van der Waals surface area contributed by atoms with Gasteiger partial charge in [0.2, 0.25) is 0 Å². The van der Waals surface area contributed by atoms with E-state index in [1.807, 2.05) is 0 Å². The molecule has 2 rings (SSSR count). The van der Waals surface area contributed by atoms with Crippen LogP contribution in [-0.2, 0) is 21.2 Å². The summed E-state index contributed by atoms with van der Waals surface area (Å²) in [5.74, 6) is -0.959. The maximum absolute atomic E-state index is 12.7. The Morgan fingerprint density at radius 2 is 2.10 bits per heavy atom. The summed E-state index contributed by atoms with van der Waals surface area (Å²) < 4.78 is 27.2. The summed E-state index contributed by atoms with van der Waals surface area (Å²) >= 11 is 1.04. The molecule has 0 aliphatic heterocycles. The zero-order chi connectivity index (χ0) is 15.5. The highest BCUT2D eigenvalue weighted by Crippen LogP contribution is 2.31. The molecule has 1 aliphatic rings. The Hall–Kier alpha value is -1.18. The molecule has 116 valence electrons. The van der Waals surface area contributed by atoms with Crippen LogP contribution in [-0.4, -0.2) is 36.4 Å². The highest BCUT2D eigenvalue weighted by Gasteiger charge is 2.33. The first-order valence-electron chi connectivity index (χ1n) is 6.88. The molecule has 5 nitrogen and oxygen atoms in total. The van der Waals surface area contributed by atoms with Gasteiger partial charge in [-0.05, 0) is 25.0 Å². The van der Waals surface area contributed by atoms with Crippen LogP contribution in [0.2, 0.25) is 0 Å². The third kappa shape index (κ3) is 3.72. The first kappa shape index (κ1) is 16.2. The maximum Gasteiger partial charge on any atom is 0.308 e. The van der Waals surface area contributed by atoms with Gasteiger partial charge in [0, 0.05) is 17.5 Å². The molecule has 0 saturated heterocycles. The molecule has 0 amide bonds. The Labute approximate surface area is 129 Å². The predicted octanol–water partition coefficient (Wildman–Crippen LogP) is 2.49. The van der Waals surface area contributed by atoms with Gasteiger partial charge in [0.25, 0.3) is 10.0 Å². The lowest BCUT2D eigenvalue weighted by molar-refractivity contribution is -0.136. The van der Waals surface area contributed by atoms with Crippen molar-refractivity contribution in [2.24, 2.45) is 0 Å². The van der Waals surface area contributed by atoms with Crippen LogP contribution in [0, 0.1) is 0 Å². The van der Waals surface area contributed by atoms with Gasteiger partial charge in [-0.15, -0.1) is 17.9 Å². The molecule has 1 aromatic rings. The third-order valence-electron chi connectivity index (χ3n) is 3.57. The van der Waals surface area contributed by atoms with Gasteiger partial charge < -0.3 is 5.11 Å². The van der Waals surface area contributed by atoms with Gasteiger partial charge in [-0.2, -0.15) is 4.31 Å². The number of hydrogen-bond donors (Lipinski definition) is 1. The van der Waals surface area contributed by atoms with Crippen LogP contribution < -0.4 is 0 Å². The van der Waals surface area contributed by atoms with E-state index in [1.54, 1.807) is 12.1 Å². The number of hydrogen-bond acceptors (Lipinski definition) is 4. The Morgan fingerprint density at radius 3 is 2.67 bits per heavy atom. The topological polar surface area (TPSA) is 74.7 Å². The van der Waals surface area contributed by atoms with Crippen molar-refractivity contribution in [1.82, 2.24) is 4.31 Å². The molecule has 0 radical (unpaired) electrons. The monoisotopic (exact) mass is 329 g/mol. The molecule has 1 saturated carbocycles. The molecule has 0 unspecified atom stereocenters. The van der Waals surface area contributed by atoms with Crippen molar-refractivity contribution in [2.45, 2.75) is 42.4 Å². The van der Waals surface area contributed by atoms with Crippen molar-refractivity contribution in [3.05, 3.63) is 29.7 Å². The summed E-state index contributed by atoms with van der Waals surface area (Å²) in [6.45, 7) is 3.93. The number of carboxylic acid groups (broad SMARTS) is 1. The van der Waals surface area contributed by atoms with Gasteiger partial charge in [-0.3, -0.25) is 4.79 Å². The van der Waals surface area contributed by atoms with Crippen LogP contribution in [0.3, 0.4) is 0 Å². The van der Waals surface area contributed by atoms with Gasteiger partial charge in [-0.1, -0.05) is 18.9 Å². The van der Waals surface area contributed by atoms with Crippen molar-refractivity contribution in [3.8, 4) is 0 Å². The van der Waals surface area contributed by atoms with Crippen molar-refractivity contribution in [2.75, 3.05) is 6.54 Å². The van der Waals surface area contributed by atoms with E-state index in [9.17, 15) is 13.2 Å². The number of aliphatic carboxylic acids is 1. The largest absolute Gasteiger partial charge is 0.481 e. The molecular formula is C14H19NO4S2. The average molecular weight is 329 g/mol. The van der Waals surface area contributed by atoms with Crippen LogP contribution in [0.5, 0.6) is 0 Å². The quantitative estimate of drug-likeness (QED) is 0.780. The summed E-state index contributed by atoms with van der Waals surface area (Å²) in [5.41, 5.74) is 0. The number of carboxylic acids is 1. The third-order valence-corrected chi connectivity index (χ3v) is 7.04.